The van der Waals surface area contributed by atoms with Crippen LogP contribution in [0.2, 0.25) is 5.02 Å². The molecule has 1 aliphatic rings. The highest BCUT2D eigenvalue weighted by atomic mass is 35.5. The van der Waals surface area contributed by atoms with Gasteiger partial charge in [0.15, 0.2) is 16.7 Å². The van der Waals surface area contributed by atoms with E-state index >= 15 is 0 Å². The van der Waals surface area contributed by atoms with Crippen molar-refractivity contribution in [2.75, 3.05) is 20.3 Å². The number of carbonyl (C=O) groups excluding carboxylic acids is 1. The number of hydrogen-bond acceptors (Lipinski definition) is 7. The number of carbonyl (C=O) groups is 2. The van der Waals surface area contributed by atoms with E-state index in [0.717, 1.165) is 5.75 Å². The number of ether oxygens (including phenoxy) is 3. The van der Waals surface area contributed by atoms with E-state index in [0.29, 0.717) is 56.6 Å². The highest BCUT2D eigenvalue weighted by Crippen LogP contribution is 2.40. The van der Waals surface area contributed by atoms with Crippen LogP contribution in [0.25, 0.3) is 6.08 Å². The van der Waals surface area contributed by atoms with Crippen molar-refractivity contribution >= 4 is 52.2 Å². The van der Waals surface area contributed by atoms with Crippen molar-refractivity contribution in [3.8, 4) is 17.2 Å². The van der Waals surface area contributed by atoms with Gasteiger partial charge in [0.1, 0.15) is 12.4 Å². The van der Waals surface area contributed by atoms with Gasteiger partial charge < -0.3 is 19.3 Å². The summed E-state index contributed by atoms with van der Waals surface area (Å²) in [5, 5.41) is 10.1. The maximum Gasteiger partial charge on any atom is 0.335 e. The first-order chi connectivity index (χ1) is 18.8. The third kappa shape index (κ3) is 6.74. The number of nitrogens with zero attached hydrogens (tertiary/aromatic N) is 2. The predicted octanol–water partition coefficient (Wildman–Crippen LogP) is 6.65. The molecule has 0 aromatic heterocycles. The Hall–Kier alpha value is -3.95. The van der Waals surface area contributed by atoms with Crippen molar-refractivity contribution in [1.82, 2.24) is 4.90 Å². The van der Waals surface area contributed by atoms with Crippen LogP contribution in [0.5, 0.6) is 17.2 Å². The number of likely N-dealkylation sites (N-methyl/N-ethyl adjacent to an activating group) is 1. The molecule has 3 aromatic carbocycles. The third-order valence-corrected chi connectivity index (χ3v) is 6.98. The van der Waals surface area contributed by atoms with Gasteiger partial charge in [0.25, 0.3) is 5.91 Å². The summed E-state index contributed by atoms with van der Waals surface area (Å²) in [5.41, 5.74) is 2.23. The molecule has 0 bridgehead atoms. The molecule has 4 rings (SSSR count). The number of carboxylic acid groups (broad SMARTS) is 1. The molecule has 1 N–H and O–H groups in total. The molecule has 1 aliphatic heterocycles. The molecule has 3 aromatic rings. The van der Waals surface area contributed by atoms with Gasteiger partial charge in [-0.25, -0.2) is 9.79 Å². The van der Waals surface area contributed by atoms with Crippen LogP contribution >= 0.6 is 23.4 Å². The van der Waals surface area contributed by atoms with Crippen LogP contribution in [0.4, 0.5) is 5.69 Å². The van der Waals surface area contributed by atoms with Crippen LogP contribution in [0, 0.1) is 0 Å². The minimum Gasteiger partial charge on any atom is -0.497 e. The number of methoxy groups -OCH3 is 1. The zero-order chi connectivity index (χ0) is 27.9. The molecular weight excluding hydrogens is 540 g/mol. The van der Waals surface area contributed by atoms with Crippen LogP contribution in [-0.2, 0) is 11.4 Å². The lowest BCUT2D eigenvalue weighted by atomic mass is 10.1. The summed E-state index contributed by atoms with van der Waals surface area (Å²) in [4.78, 5) is 31.2. The number of carboxylic acids is 1. The Labute approximate surface area is 235 Å². The van der Waals surface area contributed by atoms with Crippen molar-refractivity contribution in [2.24, 2.45) is 4.99 Å². The van der Waals surface area contributed by atoms with Crippen LogP contribution in [0.15, 0.2) is 70.6 Å². The summed E-state index contributed by atoms with van der Waals surface area (Å²) in [6.45, 7) is 4.69. The molecule has 1 heterocycles. The Morgan fingerprint density at radius 3 is 2.54 bits per heavy atom. The highest BCUT2D eigenvalue weighted by molar-refractivity contribution is 8.18. The lowest BCUT2D eigenvalue weighted by Gasteiger charge is -2.15. The number of amides is 1. The molecule has 1 fully saturated rings. The second-order valence-electron chi connectivity index (χ2n) is 8.31. The minimum absolute atomic E-state index is 0.104. The van der Waals surface area contributed by atoms with Crippen LogP contribution in [0.3, 0.4) is 0 Å². The highest BCUT2D eigenvalue weighted by Gasteiger charge is 2.32. The maximum absolute atomic E-state index is 13.1. The van der Waals surface area contributed by atoms with Gasteiger partial charge in [-0.1, -0.05) is 23.7 Å². The normalized spacial score (nSPS) is 15.2. The van der Waals surface area contributed by atoms with Crippen LogP contribution < -0.4 is 14.2 Å². The molecule has 1 amide bonds. The van der Waals surface area contributed by atoms with Crippen LogP contribution in [-0.4, -0.2) is 47.3 Å². The van der Waals surface area contributed by atoms with Gasteiger partial charge in [-0.05, 0) is 91.3 Å². The summed E-state index contributed by atoms with van der Waals surface area (Å²) in [5.74, 6) is 0.318. The fourth-order valence-corrected chi connectivity index (χ4v) is 5.15. The number of hydrogen-bond donors (Lipinski definition) is 1. The van der Waals surface area contributed by atoms with Gasteiger partial charge in [-0.2, -0.15) is 0 Å². The molecular formula is C29H27ClN2O6S. The van der Waals surface area contributed by atoms with Crippen molar-refractivity contribution in [2.45, 2.75) is 20.5 Å². The van der Waals surface area contributed by atoms with Crippen molar-refractivity contribution < 1.29 is 28.9 Å². The molecule has 202 valence electrons. The summed E-state index contributed by atoms with van der Waals surface area (Å²) >= 11 is 7.88. The van der Waals surface area contributed by atoms with Gasteiger partial charge >= 0.3 is 5.97 Å². The lowest BCUT2D eigenvalue weighted by molar-refractivity contribution is -0.122. The zero-order valence-electron chi connectivity index (χ0n) is 21.6. The monoisotopic (exact) mass is 566 g/mol. The Morgan fingerprint density at radius 1 is 1.10 bits per heavy atom. The molecule has 0 saturated carbocycles. The fourth-order valence-electron chi connectivity index (χ4n) is 3.81. The second-order valence-corrected chi connectivity index (χ2v) is 9.73. The van der Waals surface area contributed by atoms with Crippen molar-refractivity contribution in [3.63, 3.8) is 0 Å². The maximum atomic E-state index is 13.1. The topological polar surface area (TPSA) is 97.7 Å². The number of aliphatic imine (C=N–C) groups is 1. The van der Waals surface area contributed by atoms with E-state index in [-0.39, 0.29) is 18.1 Å². The lowest BCUT2D eigenvalue weighted by Crippen LogP contribution is -2.28. The minimum atomic E-state index is -1.01. The molecule has 10 heteroatoms. The molecule has 0 aliphatic carbocycles. The number of benzene rings is 3. The Balaban J connectivity index is 1.59. The first kappa shape index (κ1) is 28.1. The van der Waals surface area contributed by atoms with E-state index in [1.807, 2.05) is 38.1 Å². The van der Waals surface area contributed by atoms with Gasteiger partial charge in [0, 0.05) is 6.54 Å². The van der Waals surface area contributed by atoms with E-state index in [4.69, 9.17) is 25.8 Å². The Bertz CT molecular complexity index is 1440. The number of rotatable bonds is 10. The number of aromatic carboxylic acids is 1. The molecule has 0 spiro atoms. The van der Waals surface area contributed by atoms with Crippen molar-refractivity contribution in [3.05, 3.63) is 87.3 Å². The van der Waals surface area contributed by atoms with Gasteiger partial charge in [-0.3, -0.25) is 9.69 Å². The number of halogens is 1. The standard InChI is InChI=1S/C29H27ClN2O6S/c1-4-32-27(33)25(39-29(32)31-21-9-11-22(36-3)12-10-21)16-19-14-23(30)26(24(15-19)37-5-2)38-17-18-7-6-8-20(13-18)28(34)35/h6-16H,4-5,17H2,1-3H3,(H,34,35)/b25-16+,31-29?. The zero-order valence-corrected chi connectivity index (χ0v) is 23.2. The molecule has 0 unspecified atom stereocenters. The van der Waals surface area contributed by atoms with Gasteiger partial charge in [0.2, 0.25) is 0 Å². The Kier molecular flexibility index (Phi) is 9.16. The van der Waals surface area contributed by atoms with Crippen LogP contribution in [0.1, 0.15) is 35.3 Å². The van der Waals surface area contributed by atoms with E-state index in [2.05, 4.69) is 4.99 Å². The largest absolute Gasteiger partial charge is 0.497 e. The fraction of sp³-hybridized carbons (Fsp3) is 0.207. The molecule has 0 radical (unpaired) electrons. The number of amidine groups is 1. The predicted molar refractivity (Wildman–Crippen MR) is 153 cm³/mol. The van der Waals surface area contributed by atoms with Gasteiger partial charge in [0.05, 0.1) is 34.9 Å². The molecule has 39 heavy (non-hydrogen) atoms. The molecule has 0 atom stereocenters. The quantitative estimate of drug-likeness (QED) is 0.274. The van der Waals surface area contributed by atoms with Gasteiger partial charge in [-0.15, -0.1) is 0 Å². The SMILES string of the molecule is CCOc1cc(/C=C2/SC(=Nc3ccc(OC)cc3)N(CC)C2=O)cc(Cl)c1OCc1cccc(C(=O)O)c1. The second kappa shape index (κ2) is 12.7. The van der Waals surface area contributed by atoms with E-state index in [1.165, 1.54) is 17.8 Å². The summed E-state index contributed by atoms with van der Waals surface area (Å²) in [6, 6.07) is 17.2. The van der Waals surface area contributed by atoms with E-state index < -0.39 is 5.97 Å². The summed E-state index contributed by atoms with van der Waals surface area (Å²) < 4.78 is 16.9. The first-order valence-corrected chi connectivity index (χ1v) is 13.4. The average Bonchev–Trinajstić information content (AvgIpc) is 3.22. The third-order valence-electron chi connectivity index (χ3n) is 5.69. The van der Waals surface area contributed by atoms with E-state index in [9.17, 15) is 14.7 Å². The number of thioether (sulfide) groups is 1. The smallest absolute Gasteiger partial charge is 0.335 e. The first-order valence-electron chi connectivity index (χ1n) is 12.2. The Morgan fingerprint density at radius 2 is 1.87 bits per heavy atom. The molecule has 1 saturated heterocycles. The summed E-state index contributed by atoms with van der Waals surface area (Å²) in [7, 11) is 1.60. The molecule has 8 nitrogen and oxygen atoms in total. The van der Waals surface area contributed by atoms with E-state index in [1.54, 1.807) is 48.4 Å². The average molecular weight is 567 g/mol. The summed E-state index contributed by atoms with van der Waals surface area (Å²) in [6.07, 6.45) is 1.75. The van der Waals surface area contributed by atoms with Crippen molar-refractivity contribution in [1.29, 1.82) is 0 Å².